The third-order valence-electron chi connectivity index (χ3n) is 1.89. The van der Waals surface area contributed by atoms with Crippen LogP contribution in [0.3, 0.4) is 0 Å². The molecule has 0 bridgehead atoms. The van der Waals surface area contributed by atoms with Gasteiger partial charge in [0.1, 0.15) is 0 Å². The summed E-state index contributed by atoms with van der Waals surface area (Å²) >= 11 is 8.47. The molecule has 0 radical (unpaired) electrons. The second kappa shape index (κ2) is 5.54. The standard InChI is InChI=1S/C9H7BrClF2NO2/c1-16-9(15)6-4(10)3-14-5(2-11)7(6)8(12)13/h3,8H,2H2,1H3. The van der Waals surface area contributed by atoms with Gasteiger partial charge in [0.2, 0.25) is 0 Å². The Kier molecular flexibility index (Phi) is 4.61. The summed E-state index contributed by atoms with van der Waals surface area (Å²) in [5, 5.41) is 0. The number of ether oxygens (including phenoxy) is 1. The zero-order chi connectivity index (χ0) is 12.3. The van der Waals surface area contributed by atoms with Crippen molar-refractivity contribution in [3.05, 3.63) is 27.5 Å². The molecule has 0 saturated carbocycles. The maximum absolute atomic E-state index is 12.8. The van der Waals surface area contributed by atoms with Gasteiger partial charge in [-0.25, -0.2) is 13.6 Å². The molecule has 0 unspecified atom stereocenters. The lowest BCUT2D eigenvalue weighted by Crippen LogP contribution is -2.11. The summed E-state index contributed by atoms with van der Waals surface area (Å²) in [6.07, 6.45) is -1.59. The molecule has 0 N–H and O–H groups in total. The van der Waals surface area contributed by atoms with E-state index in [9.17, 15) is 13.6 Å². The van der Waals surface area contributed by atoms with Crippen LogP contribution in [0.4, 0.5) is 8.78 Å². The van der Waals surface area contributed by atoms with Gasteiger partial charge in [-0.1, -0.05) is 0 Å². The van der Waals surface area contributed by atoms with Crippen molar-refractivity contribution in [3.63, 3.8) is 0 Å². The molecule has 0 atom stereocenters. The number of pyridine rings is 1. The van der Waals surface area contributed by atoms with Crippen LogP contribution in [0, 0.1) is 0 Å². The van der Waals surface area contributed by atoms with Crippen molar-refractivity contribution in [1.29, 1.82) is 0 Å². The van der Waals surface area contributed by atoms with Gasteiger partial charge in [-0.3, -0.25) is 4.98 Å². The molecule has 3 nitrogen and oxygen atoms in total. The number of nitrogens with zero attached hydrogens (tertiary/aromatic N) is 1. The molecule has 0 aromatic carbocycles. The molecular formula is C9H7BrClF2NO2. The van der Waals surface area contributed by atoms with Crippen LogP contribution in [0.1, 0.15) is 28.0 Å². The van der Waals surface area contributed by atoms with Crippen LogP contribution in [-0.4, -0.2) is 18.1 Å². The number of halogens is 4. The van der Waals surface area contributed by atoms with Crippen molar-refractivity contribution in [2.45, 2.75) is 12.3 Å². The maximum atomic E-state index is 12.8. The third kappa shape index (κ3) is 2.49. The fourth-order valence-corrected chi connectivity index (χ4v) is 1.88. The SMILES string of the molecule is COC(=O)c1c(Br)cnc(CCl)c1C(F)F. The highest BCUT2D eigenvalue weighted by atomic mass is 79.9. The zero-order valence-corrected chi connectivity index (χ0v) is 10.5. The second-order valence-corrected chi connectivity index (χ2v) is 3.89. The summed E-state index contributed by atoms with van der Waals surface area (Å²) in [4.78, 5) is 15.1. The Bertz CT molecular complexity index is 415. The van der Waals surface area contributed by atoms with Crippen molar-refractivity contribution in [2.75, 3.05) is 7.11 Å². The summed E-state index contributed by atoms with van der Waals surface area (Å²) in [5.41, 5.74) is -0.750. The molecule has 0 aliphatic rings. The molecule has 1 aromatic heterocycles. The average molecular weight is 315 g/mol. The van der Waals surface area contributed by atoms with Crippen molar-refractivity contribution < 1.29 is 18.3 Å². The van der Waals surface area contributed by atoms with Crippen LogP contribution in [0.15, 0.2) is 10.7 Å². The normalized spacial score (nSPS) is 10.6. The zero-order valence-electron chi connectivity index (χ0n) is 8.14. The maximum Gasteiger partial charge on any atom is 0.339 e. The average Bonchev–Trinajstić information content (AvgIpc) is 2.27. The molecule has 7 heteroatoms. The molecule has 0 fully saturated rings. The van der Waals surface area contributed by atoms with Crippen molar-refractivity contribution in [3.8, 4) is 0 Å². The molecule has 0 saturated heterocycles. The summed E-state index contributed by atoms with van der Waals surface area (Å²) in [6, 6.07) is 0. The Hall–Kier alpha value is -0.750. The first-order chi connectivity index (χ1) is 7.52. The van der Waals surface area contributed by atoms with Gasteiger partial charge in [0.15, 0.2) is 0 Å². The predicted octanol–water partition coefficient (Wildman–Crippen LogP) is 3.31. The number of carbonyl (C=O) groups excluding carboxylic acids is 1. The second-order valence-electron chi connectivity index (χ2n) is 2.77. The van der Waals surface area contributed by atoms with E-state index in [1.165, 1.54) is 6.20 Å². The topological polar surface area (TPSA) is 39.2 Å². The first-order valence-corrected chi connectivity index (χ1v) is 5.45. The van der Waals surface area contributed by atoms with E-state index >= 15 is 0 Å². The van der Waals surface area contributed by atoms with E-state index in [4.69, 9.17) is 11.6 Å². The lowest BCUT2D eigenvalue weighted by molar-refractivity contribution is 0.0587. The smallest absolute Gasteiger partial charge is 0.339 e. The number of rotatable bonds is 3. The fourth-order valence-electron chi connectivity index (χ4n) is 1.19. The van der Waals surface area contributed by atoms with E-state index < -0.39 is 18.0 Å². The minimum absolute atomic E-state index is 0.0275. The van der Waals surface area contributed by atoms with Crippen molar-refractivity contribution >= 4 is 33.5 Å². The fraction of sp³-hybridized carbons (Fsp3) is 0.333. The molecule has 1 rings (SSSR count). The summed E-state index contributed by atoms with van der Waals surface area (Å²) in [6.45, 7) is 0. The first-order valence-electron chi connectivity index (χ1n) is 4.12. The van der Waals surface area contributed by atoms with E-state index in [1.807, 2.05) is 0 Å². The number of carbonyl (C=O) groups is 1. The Morgan fingerprint density at radius 2 is 2.31 bits per heavy atom. The van der Waals surface area contributed by atoms with Gasteiger partial charge in [0.25, 0.3) is 6.43 Å². The predicted molar refractivity (Wildman–Crippen MR) is 57.8 cm³/mol. The first kappa shape index (κ1) is 13.3. The van der Waals surface area contributed by atoms with Gasteiger partial charge in [-0.05, 0) is 15.9 Å². The Labute approximate surface area is 104 Å². The van der Waals surface area contributed by atoms with E-state index in [1.54, 1.807) is 0 Å². The highest BCUT2D eigenvalue weighted by Gasteiger charge is 2.26. The number of alkyl halides is 3. The van der Waals surface area contributed by atoms with Crippen LogP contribution < -0.4 is 0 Å². The summed E-state index contributed by atoms with van der Waals surface area (Å²) in [7, 11) is 1.12. The number of esters is 1. The van der Waals surface area contributed by atoms with E-state index in [-0.39, 0.29) is 21.6 Å². The molecule has 1 heterocycles. The molecule has 0 spiro atoms. The van der Waals surface area contributed by atoms with Gasteiger partial charge >= 0.3 is 5.97 Å². The highest BCUT2D eigenvalue weighted by Crippen LogP contribution is 2.31. The minimum atomic E-state index is -2.84. The molecule has 1 aromatic rings. The molecule has 16 heavy (non-hydrogen) atoms. The van der Waals surface area contributed by atoms with E-state index in [0.717, 1.165) is 7.11 Å². The van der Waals surface area contributed by atoms with E-state index in [0.29, 0.717) is 0 Å². The summed E-state index contributed by atoms with van der Waals surface area (Å²) < 4.78 is 30.2. The van der Waals surface area contributed by atoms with Crippen molar-refractivity contribution in [1.82, 2.24) is 4.98 Å². The van der Waals surface area contributed by atoms with E-state index in [2.05, 4.69) is 25.7 Å². The minimum Gasteiger partial charge on any atom is -0.465 e. The lowest BCUT2D eigenvalue weighted by Gasteiger charge is -2.11. The molecule has 0 aliphatic carbocycles. The lowest BCUT2D eigenvalue weighted by atomic mass is 10.1. The Balaban J connectivity index is 3.48. The van der Waals surface area contributed by atoms with Crippen LogP contribution in [0.5, 0.6) is 0 Å². The molecule has 0 aliphatic heterocycles. The van der Waals surface area contributed by atoms with Crippen LogP contribution in [0.25, 0.3) is 0 Å². The number of hydrogen-bond donors (Lipinski definition) is 0. The van der Waals surface area contributed by atoms with Crippen LogP contribution in [0.2, 0.25) is 0 Å². The monoisotopic (exact) mass is 313 g/mol. The van der Waals surface area contributed by atoms with Gasteiger partial charge in [-0.15, -0.1) is 11.6 Å². The van der Waals surface area contributed by atoms with Gasteiger partial charge < -0.3 is 4.74 Å². The molecule has 88 valence electrons. The quantitative estimate of drug-likeness (QED) is 0.635. The largest absolute Gasteiger partial charge is 0.465 e. The Morgan fingerprint density at radius 3 is 2.75 bits per heavy atom. The third-order valence-corrected chi connectivity index (χ3v) is 2.74. The number of hydrogen-bond acceptors (Lipinski definition) is 3. The number of aromatic nitrogens is 1. The van der Waals surface area contributed by atoms with Crippen molar-refractivity contribution in [2.24, 2.45) is 0 Å². The van der Waals surface area contributed by atoms with Gasteiger partial charge in [0.05, 0.1) is 34.3 Å². The Morgan fingerprint density at radius 1 is 1.69 bits per heavy atom. The van der Waals surface area contributed by atoms with Gasteiger partial charge in [-0.2, -0.15) is 0 Å². The number of methoxy groups -OCH3 is 1. The van der Waals surface area contributed by atoms with Crippen LogP contribution >= 0.6 is 27.5 Å². The highest BCUT2D eigenvalue weighted by molar-refractivity contribution is 9.10. The molecule has 0 amide bonds. The van der Waals surface area contributed by atoms with Gasteiger partial charge in [0, 0.05) is 6.20 Å². The van der Waals surface area contributed by atoms with Crippen LogP contribution in [-0.2, 0) is 10.6 Å². The molecular weight excluding hydrogens is 307 g/mol. The summed E-state index contributed by atoms with van der Waals surface area (Å²) in [5.74, 6) is -1.05.